The topological polar surface area (TPSA) is 102 Å². The van der Waals surface area contributed by atoms with Crippen LogP contribution < -0.4 is 16.7 Å². The van der Waals surface area contributed by atoms with E-state index in [1.54, 1.807) is 18.2 Å². The van der Waals surface area contributed by atoms with Crippen molar-refractivity contribution in [1.29, 1.82) is 0 Å². The minimum atomic E-state index is -4.33. The molecule has 4 N–H and O–H groups in total. The lowest BCUT2D eigenvalue weighted by atomic mass is 10.0. The molecule has 3 rings (SSSR count). The zero-order valence-corrected chi connectivity index (χ0v) is 15.1. The van der Waals surface area contributed by atoms with Crippen molar-refractivity contribution in [3.63, 3.8) is 0 Å². The molecule has 2 heterocycles. The molecule has 10 heteroatoms. The van der Waals surface area contributed by atoms with E-state index in [4.69, 9.17) is 5.73 Å². The fourth-order valence-corrected chi connectivity index (χ4v) is 2.92. The second-order valence-corrected chi connectivity index (χ2v) is 6.43. The molecule has 0 spiro atoms. The van der Waals surface area contributed by atoms with Gasteiger partial charge in [0.05, 0.1) is 19.2 Å². The van der Waals surface area contributed by atoms with Crippen LogP contribution in [-0.2, 0) is 13.0 Å². The number of rotatable bonds is 8. The van der Waals surface area contributed by atoms with Gasteiger partial charge in [-0.05, 0) is 30.5 Å². The van der Waals surface area contributed by atoms with Crippen LogP contribution in [0.25, 0.3) is 11.2 Å². The van der Waals surface area contributed by atoms with Gasteiger partial charge in [0, 0.05) is 6.54 Å². The highest BCUT2D eigenvalue weighted by Gasteiger charge is 2.28. The second kappa shape index (κ2) is 8.42. The van der Waals surface area contributed by atoms with Gasteiger partial charge in [0.15, 0.2) is 5.65 Å². The van der Waals surface area contributed by atoms with Crippen LogP contribution in [0.1, 0.15) is 24.0 Å². The first-order valence-electron chi connectivity index (χ1n) is 8.90. The van der Waals surface area contributed by atoms with Crippen molar-refractivity contribution < 1.29 is 13.2 Å². The van der Waals surface area contributed by atoms with Gasteiger partial charge in [0.2, 0.25) is 5.95 Å². The Hall–Kier alpha value is -2.88. The van der Waals surface area contributed by atoms with Crippen LogP contribution in [0.5, 0.6) is 0 Å². The summed E-state index contributed by atoms with van der Waals surface area (Å²) in [6, 6.07) is 6.20. The first-order chi connectivity index (χ1) is 13.4. The van der Waals surface area contributed by atoms with E-state index in [0.717, 1.165) is 12.8 Å². The molecule has 28 heavy (non-hydrogen) atoms. The van der Waals surface area contributed by atoms with Crippen molar-refractivity contribution in [2.24, 2.45) is 5.73 Å². The third-order valence-electron chi connectivity index (χ3n) is 4.26. The Morgan fingerprint density at radius 1 is 1.18 bits per heavy atom. The zero-order valence-electron chi connectivity index (χ0n) is 15.1. The number of fused-ring (bicyclic) bond motifs is 1. The van der Waals surface area contributed by atoms with Gasteiger partial charge >= 0.3 is 11.9 Å². The number of H-pyrrole nitrogens is 1. The van der Waals surface area contributed by atoms with Crippen LogP contribution in [0.3, 0.4) is 0 Å². The third-order valence-corrected chi connectivity index (χ3v) is 4.26. The number of nitrogens with two attached hydrogens (primary N) is 1. The molecule has 0 saturated heterocycles. The first kappa shape index (κ1) is 19.9. The van der Waals surface area contributed by atoms with Crippen molar-refractivity contribution >= 4 is 17.1 Å². The van der Waals surface area contributed by atoms with E-state index in [-0.39, 0.29) is 12.1 Å². The minimum absolute atomic E-state index is 0.0191. The van der Waals surface area contributed by atoms with E-state index >= 15 is 0 Å². The smallest absolute Gasteiger partial charge is 0.354 e. The van der Waals surface area contributed by atoms with Gasteiger partial charge in [0.1, 0.15) is 5.52 Å². The van der Waals surface area contributed by atoms with Crippen molar-refractivity contribution in [3.05, 3.63) is 52.1 Å². The van der Waals surface area contributed by atoms with Gasteiger partial charge in [0.25, 0.3) is 0 Å². The van der Waals surface area contributed by atoms with E-state index in [1.165, 1.54) is 16.8 Å². The van der Waals surface area contributed by atoms with Gasteiger partial charge in [-0.3, -0.25) is 4.57 Å². The standard InChI is InChI=1S/C18H21F3N6O/c19-18(20,21)9-12-5-1-2-6-13(12)11-27-15-14(25-17(27)28)10-24-16(26-15)23-8-4-3-7-22/h1-2,5-6,10H,3-4,7-9,11,22H2,(H,25,28)(H,23,24,26). The molecule has 150 valence electrons. The molecule has 7 nitrogen and oxygen atoms in total. The quantitative estimate of drug-likeness (QED) is 0.510. The Morgan fingerprint density at radius 3 is 2.64 bits per heavy atom. The van der Waals surface area contributed by atoms with E-state index < -0.39 is 18.3 Å². The summed E-state index contributed by atoms with van der Waals surface area (Å²) >= 11 is 0. The molecule has 0 saturated carbocycles. The van der Waals surface area contributed by atoms with Gasteiger partial charge in [-0.2, -0.15) is 18.2 Å². The third kappa shape index (κ3) is 4.89. The van der Waals surface area contributed by atoms with Crippen LogP contribution in [0.4, 0.5) is 19.1 Å². The van der Waals surface area contributed by atoms with Crippen LogP contribution in [0, 0.1) is 0 Å². The zero-order chi connectivity index (χ0) is 20.1. The molecule has 0 aliphatic rings. The predicted octanol–water partition coefficient (Wildman–Crippen LogP) is 2.42. The van der Waals surface area contributed by atoms with Crippen molar-refractivity contribution in [1.82, 2.24) is 19.5 Å². The van der Waals surface area contributed by atoms with Crippen LogP contribution in [-0.4, -0.2) is 38.8 Å². The minimum Gasteiger partial charge on any atom is -0.354 e. The normalized spacial score (nSPS) is 11.9. The number of nitrogens with zero attached hydrogens (tertiary/aromatic N) is 3. The number of alkyl halides is 3. The molecule has 0 bridgehead atoms. The summed E-state index contributed by atoms with van der Waals surface area (Å²) in [4.78, 5) is 23.5. The summed E-state index contributed by atoms with van der Waals surface area (Å²) in [6.07, 6.45) is -2.19. The van der Waals surface area contributed by atoms with Crippen LogP contribution in [0.2, 0.25) is 0 Å². The van der Waals surface area contributed by atoms with Gasteiger partial charge in [-0.25, -0.2) is 9.78 Å². The molecule has 0 amide bonds. The predicted molar refractivity (Wildman–Crippen MR) is 100 cm³/mol. The number of hydrogen-bond donors (Lipinski definition) is 3. The lowest BCUT2D eigenvalue weighted by Crippen LogP contribution is -2.20. The maximum atomic E-state index is 12.8. The number of halogens is 3. The number of aromatic amines is 1. The molecule has 0 unspecified atom stereocenters. The molecule has 1 aromatic carbocycles. The highest BCUT2D eigenvalue weighted by molar-refractivity contribution is 5.71. The van der Waals surface area contributed by atoms with E-state index in [2.05, 4.69) is 20.3 Å². The Labute approximate surface area is 158 Å². The van der Waals surface area contributed by atoms with E-state index in [9.17, 15) is 18.0 Å². The average molecular weight is 394 g/mol. The molecule has 2 aromatic heterocycles. The summed E-state index contributed by atoms with van der Waals surface area (Å²) in [6.45, 7) is 1.21. The number of anilines is 1. The largest absolute Gasteiger partial charge is 0.393 e. The Morgan fingerprint density at radius 2 is 1.93 bits per heavy atom. The number of aromatic nitrogens is 4. The first-order valence-corrected chi connectivity index (χ1v) is 8.90. The maximum absolute atomic E-state index is 12.8. The number of nitrogens with one attached hydrogen (secondary N) is 2. The highest BCUT2D eigenvalue weighted by atomic mass is 19.4. The maximum Gasteiger partial charge on any atom is 0.393 e. The molecule has 0 aliphatic carbocycles. The van der Waals surface area contributed by atoms with E-state index in [0.29, 0.717) is 35.8 Å². The lowest BCUT2D eigenvalue weighted by molar-refractivity contribution is -0.127. The average Bonchev–Trinajstić information content (AvgIpc) is 2.94. The molecule has 0 aliphatic heterocycles. The number of imidazole rings is 1. The Kier molecular flexibility index (Phi) is 5.98. The number of hydrogen-bond acceptors (Lipinski definition) is 5. The van der Waals surface area contributed by atoms with Crippen LogP contribution in [0.15, 0.2) is 35.3 Å². The molecule has 3 aromatic rings. The fourth-order valence-electron chi connectivity index (χ4n) is 2.92. The van der Waals surface area contributed by atoms with Crippen molar-refractivity contribution in [3.8, 4) is 0 Å². The second-order valence-electron chi connectivity index (χ2n) is 6.43. The summed E-state index contributed by atoms with van der Waals surface area (Å²) in [5.41, 5.74) is 6.31. The number of unbranched alkanes of at least 4 members (excludes halogenated alkanes) is 1. The summed E-state index contributed by atoms with van der Waals surface area (Å²) in [5.74, 6) is 0.348. The van der Waals surface area contributed by atoms with Crippen LogP contribution >= 0.6 is 0 Å². The fraction of sp³-hybridized carbons (Fsp3) is 0.389. The van der Waals surface area contributed by atoms with Crippen molar-refractivity contribution in [2.75, 3.05) is 18.4 Å². The highest BCUT2D eigenvalue weighted by Crippen LogP contribution is 2.24. The summed E-state index contributed by atoms with van der Waals surface area (Å²) < 4.78 is 39.9. The SMILES string of the molecule is NCCCCNc1ncc2[nH]c(=O)n(Cc3ccccc3CC(F)(F)F)c2n1. The number of benzene rings is 1. The summed E-state index contributed by atoms with van der Waals surface area (Å²) in [7, 11) is 0. The lowest BCUT2D eigenvalue weighted by Gasteiger charge is -2.12. The summed E-state index contributed by atoms with van der Waals surface area (Å²) in [5, 5.41) is 3.06. The van der Waals surface area contributed by atoms with Gasteiger partial charge < -0.3 is 16.0 Å². The monoisotopic (exact) mass is 394 g/mol. The Bertz CT molecular complexity index is 995. The van der Waals surface area contributed by atoms with E-state index in [1.807, 2.05) is 0 Å². The molecule has 0 atom stereocenters. The molecule has 0 radical (unpaired) electrons. The van der Waals surface area contributed by atoms with Gasteiger partial charge in [-0.1, -0.05) is 24.3 Å². The molecular weight excluding hydrogens is 373 g/mol. The Balaban J connectivity index is 1.89. The molecular formula is C18H21F3N6O. The molecule has 0 fully saturated rings. The van der Waals surface area contributed by atoms with Crippen molar-refractivity contribution in [2.45, 2.75) is 32.0 Å². The van der Waals surface area contributed by atoms with Gasteiger partial charge in [-0.15, -0.1) is 0 Å².